The van der Waals surface area contributed by atoms with E-state index in [9.17, 15) is 18.0 Å². The van der Waals surface area contributed by atoms with Gasteiger partial charge in [0.05, 0.1) is 19.1 Å². The fraction of sp³-hybridized carbons (Fsp3) is 0.440. The Bertz CT molecular complexity index is 1090. The molecule has 1 N–H and O–H groups in total. The van der Waals surface area contributed by atoms with Gasteiger partial charge in [-0.25, -0.2) is 8.42 Å². The minimum absolute atomic E-state index is 0.0511. The first-order valence-corrected chi connectivity index (χ1v) is 14.1. The molecule has 2 atom stereocenters. The lowest BCUT2D eigenvalue weighted by molar-refractivity contribution is -0.140. The van der Waals surface area contributed by atoms with Gasteiger partial charge in [0.2, 0.25) is 21.8 Å². The summed E-state index contributed by atoms with van der Waals surface area (Å²) in [5.41, 5.74) is 1.16. The van der Waals surface area contributed by atoms with E-state index in [4.69, 9.17) is 4.74 Å². The second-order valence-electron chi connectivity index (χ2n) is 8.36. The average molecular weight is 569 g/mol. The number of hydrogen-bond donors (Lipinski definition) is 1. The zero-order chi connectivity index (χ0) is 26.2. The maximum atomic E-state index is 13.6. The topological polar surface area (TPSA) is 96.0 Å². The number of halogens is 1. The standard InChI is InChI=1S/C25H34BrN3O5S/c1-6-18(3)27-25(31)23(7-2)28(16-19-8-14-22(34-4)15-9-19)24(30)17-29(35(5,32)33)21-12-10-20(26)11-13-21/h8-15,18,23H,6-7,16-17H2,1-5H3,(H,27,31). The first-order valence-electron chi connectivity index (χ1n) is 11.5. The number of rotatable bonds is 12. The number of hydrogen-bond acceptors (Lipinski definition) is 5. The Morgan fingerprint density at radius 3 is 2.11 bits per heavy atom. The van der Waals surface area contributed by atoms with Gasteiger partial charge in [-0.3, -0.25) is 13.9 Å². The van der Waals surface area contributed by atoms with Crippen molar-refractivity contribution in [3.05, 3.63) is 58.6 Å². The molecule has 35 heavy (non-hydrogen) atoms. The number of anilines is 1. The van der Waals surface area contributed by atoms with Crippen LogP contribution in [0, 0.1) is 0 Å². The molecule has 0 saturated heterocycles. The first kappa shape index (κ1) is 28.6. The molecule has 8 nitrogen and oxygen atoms in total. The molecule has 2 rings (SSSR count). The molecule has 10 heteroatoms. The highest BCUT2D eigenvalue weighted by Gasteiger charge is 2.32. The van der Waals surface area contributed by atoms with Crippen LogP contribution >= 0.6 is 15.9 Å². The third-order valence-electron chi connectivity index (χ3n) is 5.69. The van der Waals surface area contributed by atoms with E-state index < -0.39 is 28.5 Å². The third kappa shape index (κ3) is 8.24. The minimum Gasteiger partial charge on any atom is -0.497 e. The highest BCUT2D eigenvalue weighted by atomic mass is 79.9. The van der Waals surface area contributed by atoms with Crippen molar-refractivity contribution >= 4 is 43.5 Å². The number of carbonyl (C=O) groups is 2. The van der Waals surface area contributed by atoms with E-state index in [-0.39, 0.29) is 18.5 Å². The average Bonchev–Trinajstić information content (AvgIpc) is 2.82. The Morgan fingerprint density at radius 2 is 1.63 bits per heavy atom. The molecule has 2 aromatic carbocycles. The maximum absolute atomic E-state index is 13.6. The lowest BCUT2D eigenvalue weighted by Crippen LogP contribution is -2.53. The van der Waals surface area contributed by atoms with E-state index in [0.29, 0.717) is 17.9 Å². The molecule has 0 aliphatic heterocycles. The van der Waals surface area contributed by atoms with Gasteiger partial charge in [0.15, 0.2) is 0 Å². The summed E-state index contributed by atoms with van der Waals surface area (Å²) in [6, 6.07) is 13.1. The number of carbonyl (C=O) groups excluding carboxylic acids is 2. The fourth-order valence-corrected chi connectivity index (χ4v) is 4.62. The summed E-state index contributed by atoms with van der Waals surface area (Å²) in [6.07, 6.45) is 2.18. The Hall–Kier alpha value is -2.59. The SMILES string of the molecule is CCC(C)NC(=O)C(CC)N(Cc1ccc(OC)cc1)C(=O)CN(c1ccc(Br)cc1)S(C)(=O)=O. The van der Waals surface area contributed by atoms with E-state index in [2.05, 4.69) is 21.2 Å². The molecule has 0 bridgehead atoms. The smallest absolute Gasteiger partial charge is 0.244 e. The van der Waals surface area contributed by atoms with Gasteiger partial charge >= 0.3 is 0 Å². The zero-order valence-electron chi connectivity index (χ0n) is 20.8. The van der Waals surface area contributed by atoms with E-state index in [0.717, 1.165) is 27.0 Å². The molecule has 0 aromatic heterocycles. The predicted molar refractivity (Wildman–Crippen MR) is 142 cm³/mol. The van der Waals surface area contributed by atoms with Gasteiger partial charge in [-0.2, -0.15) is 0 Å². The number of methoxy groups -OCH3 is 1. The zero-order valence-corrected chi connectivity index (χ0v) is 23.2. The quantitative estimate of drug-likeness (QED) is 0.419. The fourth-order valence-electron chi connectivity index (χ4n) is 3.51. The predicted octanol–water partition coefficient (Wildman–Crippen LogP) is 3.95. The Morgan fingerprint density at radius 1 is 1.03 bits per heavy atom. The van der Waals surface area contributed by atoms with E-state index >= 15 is 0 Å². The van der Waals surface area contributed by atoms with E-state index in [1.165, 1.54) is 4.90 Å². The van der Waals surface area contributed by atoms with Crippen LogP contribution in [-0.2, 0) is 26.2 Å². The van der Waals surface area contributed by atoms with Gasteiger partial charge in [-0.15, -0.1) is 0 Å². The van der Waals surface area contributed by atoms with Gasteiger partial charge < -0.3 is 15.0 Å². The van der Waals surface area contributed by atoms with E-state index in [1.807, 2.05) is 32.9 Å². The van der Waals surface area contributed by atoms with E-state index in [1.54, 1.807) is 43.5 Å². The summed E-state index contributed by atoms with van der Waals surface area (Å²) < 4.78 is 32.3. The number of ether oxygens (including phenoxy) is 1. The van der Waals surface area contributed by atoms with Crippen LogP contribution in [0.25, 0.3) is 0 Å². The summed E-state index contributed by atoms with van der Waals surface area (Å²) in [5.74, 6) is -0.0646. The normalized spacial score (nSPS) is 13.0. The van der Waals surface area contributed by atoms with Crippen LogP contribution in [0.1, 0.15) is 39.2 Å². The second-order valence-corrected chi connectivity index (χ2v) is 11.2. The largest absolute Gasteiger partial charge is 0.497 e. The monoisotopic (exact) mass is 567 g/mol. The Labute approximate surface area is 216 Å². The summed E-state index contributed by atoms with van der Waals surface area (Å²) in [5, 5.41) is 2.95. The van der Waals surface area contributed by atoms with Crippen molar-refractivity contribution in [1.82, 2.24) is 10.2 Å². The molecule has 2 unspecified atom stereocenters. The number of benzene rings is 2. The summed E-state index contributed by atoms with van der Waals surface area (Å²) in [6.45, 7) is 5.42. The molecule has 192 valence electrons. The van der Waals surface area contributed by atoms with Crippen molar-refractivity contribution in [3.8, 4) is 5.75 Å². The Kier molecular flexibility index (Phi) is 10.6. The van der Waals surface area contributed by atoms with Gasteiger partial charge in [-0.05, 0) is 61.7 Å². The number of nitrogens with zero attached hydrogens (tertiary/aromatic N) is 2. The lowest BCUT2D eigenvalue weighted by Gasteiger charge is -2.33. The summed E-state index contributed by atoms with van der Waals surface area (Å²) >= 11 is 3.34. The molecule has 0 radical (unpaired) electrons. The number of nitrogens with one attached hydrogen (secondary N) is 1. The van der Waals surface area contributed by atoms with Crippen LogP contribution in [-0.4, -0.2) is 57.1 Å². The highest BCUT2D eigenvalue weighted by molar-refractivity contribution is 9.10. The van der Waals surface area contributed by atoms with Crippen LogP contribution in [0.5, 0.6) is 5.75 Å². The first-order chi connectivity index (χ1) is 16.5. The summed E-state index contributed by atoms with van der Waals surface area (Å²) in [7, 11) is -2.19. The maximum Gasteiger partial charge on any atom is 0.244 e. The van der Waals surface area contributed by atoms with Crippen LogP contribution in [0.4, 0.5) is 5.69 Å². The second kappa shape index (κ2) is 12.9. The third-order valence-corrected chi connectivity index (χ3v) is 7.36. The lowest BCUT2D eigenvalue weighted by atomic mass is 10.1. The number of amides is 2. The molecular weight excluding hydrogens is 534 g/mol. The van der Waals surface area contributed by atoms with Gasteiger partial charge in [-0.1, -0.05) is 41.9 Å². The van der Waals surface area contributed by atoms with Crippen LogP contribution in [0.3, 0.4) is 0 Å². The van der Waals surface area contributed by atoms with Crippen LogP contribution in [0.15, 0.2) is 53.0 Å². The molecule has 0 fully saturated rings. The molecular formula is C25H34BrN3O5S. The minimum atomic E-state index is -3.76. The molecule has 0 saturated carbocycles. The van der Waals surface area contributed by atoms with Crippen LogP contribution in [0.2, 0.25) is 0 Å². The van der Waals surface area contributed by atoms with Crippen molar-refractivity contribution < 1.29 is 22.7 Å². The molecule has 2 aromatic rings. The van der Waals surface area contributed by atoms with Crippen molar-refractivity contribution in [2.24, 2.45) is 0 Å². The van der Waals surface area contributed by atoms with Crippen LogP contribution < -0.4 is 14.4 Å². The van der Waals surface area contributed by atoms with Crippen molar-refractivity contribution in [3.63, 3.8) is 0 Å². The van der Waals surface area contributed by atoms with Gasteiger partial charge in [0, 0.05) is 17.1 Å². The molecule has 0 aliphatic carbocycles. The van der Waals surface area contributed by atoms with Crippen molar-refractivity contribution in [2.75, 3.05) is 24.2 Å². The molecule has 0 aliphatic rings. The summed E-state index contributed by atoms with van der Waals surface area (Å²) in [4.78, 5) is 28.2. The molecule has 0 spiro atoms. The highest BCUT2D eigenvalue weighted by Crippen LogP contribution is 2.22. The number of sulfonamides is 1. The molecule has 2 amide bonds. The molecule has 0 heterocycles. The van der Waals surface area contributed by atoms with Crippen molar-refractivity contribution in [2.45, 2.75) is 52.2 Å². The van der Waals surface area contributed by atoms with Gasteiger partial charge in [0.25, 0.3) is 0 Å². The van der Waals surface area contributed by atoms with Gasteiger partial charge in [0.1, 0.15) is 18.3 Å². The van der Waals surface area contributed by atoms with Crippen molar-refractivity contribution in [1.29, 1.82) is 0 Å². The Balaban J connectivity index is 2.42.